The summed E-state index contributed by atoms with van der Waals surface area (Å²) in [5.74, 6) is -3.04. The second kappa shape index (κ2) is 7.24. The molecule has 0 fully saturated rings. The number of esters is 2. The Morgan fingerprint density at radius 1 is 1.21 bits per heavy atom. The van der Waals surface area contributed by atoms with E-state index in [0.717, 1.165) is 0 Å². The standard InChI is InChI=1S/C12H14N2O5/c13-5-6-14-7-10(15)19-12(18)9-4-2-1-3-8(9)11(16)17/h1-4,14H,5-7,13H2,(H,16,17). The number of aromatic carboxylic acids is 1. The second-order valence-electron chi connectivity index (χ2n) is 3.58. The van der Waals surface area contributed by atoms with Gasteiger partial charge in [-0.1, -0.05) is 12.1 Å². The van der Waals surface area contributed by atoms with Gasteiger partial charge in [0, 0.05) is 13.1 Å². The zero-order valence-corrected chi connectivity index (χ0v) is 10.1. The Morgan fingerprint density at radius 2 is 1.84 bits per heavy atom. The molecule has 0 atom stereocenters. The van der Waals surface area contributed by atoms with Crippen LogP contribution in [0.25, 0.3) is 0 Å². The van der Waals surface area contributed by atoms with E-state index in [-0.39, 0.29) is 17.7 Å². The summed E-state index contributed by atoms with van der Waals surface area (Å²) < 4.78 is 4.53. The Kier molecular flexibility index (Phi) is 5.65. The largest absolute Gasteiger partial charge is 0.478 e. The van der Waals surface area contributed by atoms with E-state index < -0.39 is 17.9 Å². The monoisotopic (exact) mass is 266 g/mol. The van der Waals surface area contributed by atoms with Crippen LogP contribution in [0.2, 0.25) is 0 Å². The summed E-state index contributed by atoms with van der Waals surface area (Å²) in [6, 6.07) is 5.51. The second-order valence-corrected chi connectivity index (χ2v) is 3.58. The molecule has 7 nitrogen and oxygen atoms in total. The molecule has 7 heteroatoms. The van der Waals surface area contributed by atoms with Crippen LogP contribution >= 0.6 is 0 Å². The molecule has 0 radical (unpaired) electrons. The first-order valence-corrected chi connectivity index (χ1v) is 5.54. The lowest BCUT2D eigenvalue weighted by molar-refractivity contribution is -0.136. The number of nitrogens with one attached hydrogen (secondary N) is 1. The molecule has 19 heavy (non-hydrogen) atoms. The molecule has 0 aromatic heterocycles. The molecule has 1 aromatic carbocycles. The molecule has 0 bridgehead atoms. The molecule has 0 saturated heterocycles. The van der Waals surface area contributed by atoms with Gasteiger partial charge in [0.25, 0.3) is 0 Å². The van der Waals surface area contributed by atoms with Crippen LogP contribution in [0.4, 0.5) is 0 Å². The fraction of sp³-hybridized carbons (Fsp3) is 0.250. The van der Waals surface area contributed by atoms with E-state index in [1.54, 1.807) is 0 Å². The molecule has 0 unspecified atom stereocenters. The third-order valence-electron chi connectivity index (χ3n) is 2.17. The molecule has 0 aliphatic heterocycles. The van der Waals surface area contributed by atoms with Crippen molar-refractivity contribution >= 4 is 17.9 Å². The smallest absolute Gasteiger partial charge is 0.346 e. The normalized spacial score (nSPS) is 9.95. The third-order valence-corrected chi connectivity index (χ3v) is 2.17. The van der Waals surface area contributed by atoms with Gasteiger partial charge in [0.05, 0.1) is 17.7 Å². The van der Waals surface area contributed by atoms with Crippen LogP contribution < -0.4 is 11.1 Å². The van der Waals surface area contributed by atoms with E-state index in [1.807, 2.05) is 0 Å². The van der Waals surface area contributed by atoms with Crippen LogP contribution in [-0.4, -0.2) is 42.6 Å². The van der Waals surface area contributed by atoms with Crippen LogP contribution in [-0.2, 0) is 9.53 Å². The van der Waals surface area contributed by atoms with Gasteiger partial charge in [0.2, 0.25) is 0 Å². The molecular formula is C12H14N2O5. The van der Waals surface area contributed by atoms with Crippen LogP contribution in [0, 0.1) is 0 Å². The summed E-state index contributed by atoms with van der Waals surface area (Å²) in [5.41, 5.74) is 4.84. The third kappa shape index (κ3) is 4.49. The van der Waals surface area contributed by atoms with E-state index in [4.69, 9.17) is 10.8 Å². The summed E-state index contributed by atoms with van der Waals surface area (Å²) in [6.45, 7) is 0.594. The van der Waals surface area contributed by atoms with Crippen molar-refractivity contribution in [3.05, 3.63) is 35.4 Å². The number of carboxylic acid groups (broad SMARTS) is 1. The van der Waals surface area contributed by atoms with Crippen LogP contribution in [0.1, 0.15) is 20.7 Å². The molecule has 0 heterocycles. The van der Waals surface area contributed by atoms with Crippen molar-refractivity contribution in [1.82, 2.24) is 5.32 Å². The summed E-state index contributed by atoms with van der Waals surface area (Å²) >= 11 is 0. The number of carboxylic acids is 1. The van der Waals surface area contributed by atoms with Gasteiger partial charge in [-0.15, -0.1) is 0 Å². The molecular weight excluding hydrogens is 252 g/mol. The lowest BCUT2D eigenvalue weighted by atomic mass is 10.1. The molecule has 1 aromatic rings. The van der Waals surface area contributed by atoms with Gasteiger partial charge in [0.15, 0.2) is 0 Å². The highest BCUT2D eigenvalue weighted by Crippen LogP contribution is 2.10. The lowest BCUT2D eigenvalue weighted by Crippen LogP contribution is -2.30. The van der Waals surface area contributed by atoms with E-state index in [2.05, 4.69) is 10.1 Å². The van der Waals surface area contributed by atoms with Gasteiger partial charge < -0.3 is 20.9 Å². The maximum absolute atomic E-state index is 11.7. The summed E-state index contributed by atoms with van der Waals surface area (Å²) in [6.07, 6.45) is 0. The molecule has 0 saturated carbocycles. The fourth-order valence-electron chi connectivity index (χ4n) is 1.33. The van der Waals surface area contributed by atoms with Crippen LogP contribution in [0.15, 0.2) is 24.3 Å². The summed E-state index contributed by atoms with van der Waals surface area (Å²) in [7, 11) is 0. The first-order valence-electron chi connectivity index (χ1n) is 5.54. The average molecular weight is 266 g/mol. The minimum Gasteiger partial charge on any atom is -0.478 e. The van der Waals surface area contributed by atoms with E-state index >= 15 is 0 Å². The maximum atomic E-state index is 11.7. The summed E-state index contributed by atoms with van der Waals surface area (Å²) in [4.78, 5) is 33.8. The Labute approximate surface area is 109 Å². The predicted octanol–water partition coefficient (Wildman–Crippen LogP) is -0.383. The van der Waals surface area contributed by atoms with Gasteiger partial charge in [-0.3, -0.25) is 4.79 Å². The molecule has 0 amide bonds. The van der Waals surface area contributed by atoms with Crippen LogP contribution in [0.5, 0.6) is 0 Å². The van der Waals surface area contributed by atoms with E-state index in [9.17, 15) is 14.4 Å². The molecule has 4 N–H and O–H groups in total. The lowest BCUT2D eigenvalue weighted by Gasteiger charge is -2.06. The number of nitrogens with two attached hydrogens (primary N) is 1. The quantitative estimate of drug-likeness (QED) is 0.364. The van der Waals surface area contributed by atoms with Crippen LogP contribution in [0.3, 0.4) is 0 Å². The number of rotatable bonds is 6. The Hall–Kier alpha value is -2.25. The maximum Gasteiger partial charge on any atom is 0.346 e. The Balaban J connectivity index is 2.68. The number of hydrogen-bond acceptors (Lipinski definition) is 6. The van der Waals surface area contributed by atoms with E-state index in [1.165, 1.54) is 24.3 Å². The van der Waals surface area contributed by atoms with Crippen molar-refractivity contribution in [3.63, 3.8) is 0 Å². The highest BCUT2D eigenvalue weighted by molar-refractivity contribution is 6.05. The first-order chi connectivity index (χ1) is 9.06. The van der Waals surface area contributed by atoms with Crippen molar-refractivity contribution in [2.45, 2.75) is 0 Å². The summed E-state index contributed by atoms with van der Waals surface area (Å²) in [5, 5.41) is 11.6. The molecule has 0 spiro atoms. The van der Waals surface area contributed by atoms with Gasteiger partial charge in [0.1, 0.15) is 0 Å². The predicted molar refractivity (Wildman–Crippen MR) is 65.7 cm³/mol. The van der Waals surface area contributed by atoms with Gasteiger partial charge >= 0.3 is 17.9 Å². The molecule has 0 aliphatic carbocycles. The number of hydrogen-bond donors (Lipinski definition) is 3. The minimum absolute atomic E-state index is 0.165. The van der Waals surface area contributed by atoms with Crippen molar-refractivity contribution in [3.8, 4) is 0 Å². The van der Waals surface area contributed by atoms with Crippen molar-refractivity contribution < 1.29 is 24.2 Å². The molecule has 1 rings (SSSR count). The topological polar surface area (TPSA) is 119 Å². The highest BCUT2D eigenvalue weighted by Gasteiger charge is 2.19. The van der Waals surface area contributed by atoms with Crippen molar-refractivity contribution in [2.75, 3.05) is 19.6 Å². The van der Waals surface area contributed by atoms with Crippen molar-refractivity contribution in [2.24, 2.45) is 5.73 Å². The number of carbonyl (C=O) groups is 3. The highest BCUT2D eigenvalue weighted by atomic mass is 16.6. The molecule has 102 valence electrons. The number of benzene rings is 1. The van der Waals surface area contributed by atoms with E-state index in [0.29, 0.717) is 13.1 Å². The number of ether oxygens (including phenoxy) is 1. The van der Waals surface area contributed by atoms with Gasteiger partial charge in [-0.25, -0.2) is 9.59 Å². The van der Waals surface area contributed by atoms with Gasteiger partial charge in [-0.2, -0.15) is 0 Å². The molecule has 0 aliphatic rings. The Bertz CT molecular complexity index is 487. The van der Waals surface area contributed by atoms with Crippen molar-refractivity contribution in [1.29, 1.82) is 0 Å². The Morgan fingerprint density at radius 3 is 2.42 bits per heavy atom. The number of carbonyl (C=O) groups excluding carboxylic acids is 2. The first kappa shape index (κ1) is 14.8. The fourth-order valence-corrected chi connectivity index (χ4v) is 1.33. The average Bonchev–Trinajstić information content (AvgIpc) is 2.39. The van der Waals surface area contributed by atoms with Gasteiger partial charge in [-0.05, 0) is 12.1 Å². The zero-order chi connectivity index (χ0) is 14.3. The SMILES string of the molecule is NCCNCC(=O)OC(=O)c1ccccc1C(=O)O. The zero-order valence-electron chi connectivity index (χ0n) is 10.1. The minimum atomic E-state index is -1.26.